The first-order chi connectivity index (χ1) is 13.2. The van der Waals surface area contributed by atoms with Crippen LogP contribution in [-0.2, 0) is 6.42 Å². The summed E-state index contributed by atoms with van der Waals surface area (Å²) in [6.07, 6.45) is 3.02. The van der Waals surface area contributed by atoms with Gasteiger partial charge in [-0.3, -0.25) is 4.57 Å². The number of imidazole rings is 1. The van der Waals surface area contributed by atoms with Crippen LogP contribution in [0.5, 0.6) is 11.5 Å². The lowest BCUT2D eigenvalue weighted by molar-refractivity contribution is 0.171. The summed E-state index contributed by atoms with van der Waals surface area (Å²) < 4.78 is 26.9. The van der Waals surface area contributed by atoms with Gasteiger partial charge >= 0.3 is 0 Å². The SMILES string of the molecule is Fc1ccc(-n2c(S)nc3c2C(c2ccc4c(c2)OCCO4)CCC3)cc1. The molecule has 138 valence electrons. The van der Waals surface area contributed by atoms with Gasteiger partial charge in [0.1, 0.15) is 19.0 Å². The smallest absolute Gasteiger partial charge is 0.169 e. The molecule has 0 bridgehead atoms. The van der Waals surface area contributed by atoms with Crippen molar-refractivity contribution in [2.24, 2.45) is 0 Å². The average Bonchev–Trinajstić information content (AvgIpc) is 3.04. The molecule has 6 heteroatoms. The molecule has 2 heterocycles. The molecule has 1 aliphatic heterocycles. The van der Waals surface area contributed by atoms with E-state index >= 15 is 0 Å². The van der Waals surface area contributed by atoms with E-state index in [4.69, 9.17) is 14.5 Å². The van der Waals surface area contributed by atoms with Crippen molar-refractivity contribution in [3.05, 3.63) is 65.2 Å². The van der Waals surface area contributed by atoms with E-state index in [0.717, 1.165) is 47.8 Å². The number of hydrogen-bond acceptors (Lipinski definition) is 4. The molecule has 0 fully saturated rings. The average molecular weight is 382 g/mol. The maximum atomic E-state index is 13.4. The van der Waals surface area contributed by atoms with E-state index in [-0.39, 0.29) is 11.7 Å². The van der Waals surface area contributed by atoms with Gasteiger partial charge in [0.15, 0.2) is 16.7 Å². The second kappa shape index (κ2) is 6.60. The highest BCUT2D eigenvalue weighted by Crippen LogP contribution is 2.42. The van der Waals surface area contributed by atoms with Crippen LogP contribution in [0.25, 0.3) is 5.69 Å². The maximum Gasteiger partial charge on any atom is 0.169 e. The van der Waals surface area contributed by atoms with E-state index < -0.39 is 0 Å². The molecule has 1 aliphatic carbocycles. The molecule has 1 atom stereocenters. The Morgan fingerprint density at radius 1 is 1.04 bits per heavy atom. The number of aryl methyl sites for hydroxylation is 1. The fraction of sp³-hybridized carbons (Fsp3) is 0.286. The van der Waals surface area contributed by atoms with Gasteiger partial charge in [-0.15, -0.1) is 12.6 Å². The summed E-state index contributed by atoms with van der Waals surface area (Å²) in [7, 11) is 0. The molecule has 5 rings (SSSR count). The number of hydrogen-bond donors (Lipinski definition) is 1. The van der Waals surface area contributed by atoms with Gasteiger partial charge in [-0.2, -0.15) is 0 Å². The second-order valence-electron chi connectivity index (χ2n) is 6.90. The summed E-state index contributed by atoms with van der Waals surface area (Å²) in [5, 5.41) is 0.635. The van der Waals surface area contributed by atoms with Crippen LogP contribution in [0.4, 0.5) is 4.39 Å². The van der Waals surface area contributed by atoms with Crippen LogP contribution in [0.1, 0.15) is 35.7 Å². The number of benzene rings is 2. The lowest BCUT2D eigenvalue weighted by atomic mass is 9.84. The van der Waals surface area contributed by atoms with Crippen molar-refractivity contribution in [1.29, 1.82) is 0 Å². The van der Waals surface area contributed by atoms with Crippen molar-refractivity contribution < 1.29 is 13.9 Å². The molecule has 0 spiro atoms. The molecule has 0 saturated carbocycles. The quantitative estimate of drug-likeness (QED) is 0.661. The van der Waals surface area contributed by atoms with Gasteiger partial charge in [-0.05, 0) is 61.2 Å². The molecule has 0 N–H and O–H groups in total. The Morgan fingerprint density at radius 3 is 2.63 bits per heavy atom. The van der Waals surface area contributed by atoms with Gasteiger partial charge in [-0.25, -0.2) is 9.37 Å². The topological polar surface area (TPSA) is 36.3 Å². The zero-order valence-corrected chi connectivity index (χ0v) is 15.6. The number of rotatable bonds is 2. The highest BCUT2D eigenvalue weighted by atomic mass is 32.1. The van der Waals surface area contributed by atoms with Crippen LogP contribution >= 0.6 is 12.6 Å². The highest BCUT2D eigenvalue weighted by molar-refractivity contribution is 7.80. The number of aromatic nitrogens is 2. The Morgan fingerprint density at radius 2 is 1.81 bits per heavy atom. The van der Waals surface area contributed by atoms with Crippen molar-refractivity contribution >= 4 is 12.6 Å². The first-order valence-corrected chi connectivity index (χ1v) is 9.61. The van der Waals surface area contributed by atoms with Gasteiger partial charge in [0.2, 0.25) is 0 Å². The van der Waals surface area contributed by atoms with E-state index in [2.05, 4.69) is 24.8 Å². The minimum atomic E-state index is -0.253. The molecule has 1 aromatic heterocycles. The minimum absolute atomic E-state index is 0.183. The van der Waals surface area contributed by atoms with Crippen LogP contribution in [0.15, 0.2) is 47.6 Å². The summed E-state index contributed by atoms with van der Waals surface area (Å²) >= 11 is 4.61. The van der Waals surface area contributed by atoms with E-state index in [1.54, 1.807) is 12.1 Å². The lowest BCUT2D eigenvalue weighted by Crippen LogP contribution is -2.17. The summed E-state index contributed by atoms with van der Waals surface area (Å²) in [4.78, 5) is 4.69. The van der Waals surface area contributed by atoms with E-state index in [1.165, 1.54) is 17.7 Å². The van der Waals surface area contributed by atoms with Crippen LogP contribution in [-0.4, -0.2) is 22.8 Å². The van der Waals surface area contributed by atoms with E-state index in [9.17, 15) is 4.39 Å². The van der Waals surface area contributed by atoms with Crippen molar-refractivity contribution in [3.63, 3.8) is 0 Å². The molecular formula is C21H19FN2O2S. The molecule has 2 aliphatic rings. The molecule has 27 heavy (non-hydrogen) atoms. The highest BCUT2D eigenvalue weighted by Gasteiger charge is 2.30. The van der Waals surface area contributed by atoms with Crippen LogP contribution in [0.3, 0.4) is 0 Å². The first-order valence-electron chi connectivity index (χ1n) is 9.16. The van der Waals surface area contributed by atoms with E-state index in [0.29, 0.717) is 18.4 Å². The van der Waals surface area contributed by atoms with Gasteiger partial charge < -0.3 is 9.47 Å². The normalized spacial score (nSPS) is 18.2. The van der Waals surface area contributed by atoms with E-state index in [1.807, 2.05) is 10.6 Å². The van der Waals surface area contributed by atoms with Gasteiger partial charge in [-0.1, -0.05) is 6.07 Å². The summed E-state index contributed by atoms with van der Waals surface area (Å²) in [6.45, 7) is 1.15. The van der Waals surface area contributed by atoms with Gasteiger partial charge in [0.25, 0.3) is 0 Å². The third-order valence-electron chi connectivity index (χ3n) is 5.26. The standard InChI is InChI=1S/C21H19FN2O2S/c22-14-5-7-15(8-6-14)24-20-16(2-1-3-17(20)23-21(24)27)13-4-9-18-19(12-13)26-11-10-25-18/h4-9,12,16H,1-3,10-11H2,(H,23,27). The predicted octanol–water partition coefficient (Wildman–Crippen LogP) is 4.54. The number of halogens is 1. The first kappa shape index (κ1) is 16.7. The molecule has 0 saturated heterocycles. The molecule has 1 unspecified atom stereocenters. The minimum Gasteiger partial charge on any atom is -0.486 e. The second-order valence-corrected chi connectivity index (χ2v) is 7.30. The Balaban J connectivity index is 1.63. The monoisotopic (exact) mass is 382 g/mol. The van der Waals surface area contributed by atoms with Gasteiger partial charge in [0.05, 0.1) is 11.4 Å². The Kier molecular flexibility index (Phi) is 4.08. The van der Waals surface area contributed by atoms with Crippen molar-refractivity contribution in [3.8, 4) is 17.2 Å². The number of fused-ring (bicyclic) bond motifs is 2. The fourth-order valence-corrected chi connectivity index (χ4v) is 4.41. The summed E-state index contributed by atoms with van der Waals surface area (Å²) in [5.41, 5.74) is 4.25. The molecule has 2 aromatic carbocycles. The van der Waals surface area contributed by atoms with Gasteiger partial charge in [0, 0.05) is 11.6 Å². The largest absolute Gasteiger partial charge is 0.486 e. The third kappa shape index (κ3) is 2.88. The molecule has 0 amide bonds. The van der Waals surface area contributed by atoms with Crippen molar-refractivity contribution in [2.45, 2.75) is 30.3 Å². The Labute approximate surface area is 162 Å². The maximum absolute atomic E-state index is 13.4. The number of nitrogens with zero attached hydrogens (tertiary/aromatic N) is 2. The van der Waals surface area contributed by atoms with Crippen molar-refractivity contribution in [1.82, 2.24) is 9.55 Å². The lowest BCUT2D eigenvalue weighted by Gasteiger charge is -2.26. The zero-order chi connectivity index (χ0) is 18.4. The van der Waals surface area contributed by atoms with Crippen LogP contribution in [0, 0.1) is 5.82 Å². The van der Waals surface area contributed by atoms with Crippen LogP contribution in [0.2, 0.25) is 0 Å². The Bertz CT molecular complexity index is 1000. The number of ether oxygens (including phenoxy) is 2. The fourth-order valence-electron chi connectivity index (χ4n) is 4.06. The summed E-state index contributed by atoms with van der Waals surface area (Å²) in [6, 6.07) is 12.6. The molecular weight excluding hydrogens is 363 g/mol. The molecule has 3 aromatic rings. The number of thiol groups is 1. The van der Waals surface area contributed by atoms with Crippen molar-refractivity contribution in [2.75, 3.05) is 13.2 Å². The summed E-state index contributed by atoms with van der Waals surface area (Å²) in [5.74, 6) is 1.52. The predicted molar refractivity (Wildman–Crippen MR) is 103 cm³/mol. The molecule has 0 radical (unpaired) electrons. The molecule has 4 nitrogen and oxygen atoms in total. The third-order valence-corrected chi connectivity index (χ3v) is 5.56. The zero-order valence-electron chi connectivity index (χ0n) is 14.7. The Hall–Kier alpha value is -2.47. The van der Waals surface area contributed by atoms with Crippen LogP contribution < -0.4 is 9.47 Å².